The summed E-state index contributed by atoms with van der Waals surface area (Å²) in [4.78, 5) is 14.8. The van der Waals surface area contributed by atoms with Crippen molar-refractivity contribution in [3.8, 4) is 5.88 Å². The Morgan fingerprint density at radius 1 is 1.53 bits per heavy atom. The van der Waals surface area contributed by atoms with Crippen molar-refractivity contribution in [1.29, 1.82) is 0 Å². The molecule has 1 aliphatic rings. The minimum Gasteiger partial charge on any atom is -0.478 e. The number of aromatic nitrogens is 1. The Morgan fingerprint density at radius 2 is 2.24 bits per heavy atom. The molecule has 3 N–H and O–H groups in total. The van der Waals surface area contributed by atoms with Crippen LogP contribution in [-0.4, -0.2) is 35.4 Å². The quantitative estimate of drug-likeness (QED) is 0.813. The summed E-state index contributed by atoms with van der Waals surface area (Å²) >= 11 is 0. The molecule has 1 saturated heterocycles. The van der Waals surface area contributed by atoms with Crippen molar-refractivity contribution >= 4 is 11.7 Å². The van der Waals surface area contributed by atoms with Crippen molar-refractivity contribution in [2.45, 2.75) is 18.9 Å². The zero-order valence-electron chi connectivity index (χ0n) is 9.26. The lowest BCUT2D eigenvalue weighted by atomic mass is 10.1. The second kappa shape index (κ2) is 5.01. The number of nitrogens with zero attached hydrogens (tertiary/aromatic N) is 1. The summed E-state index contributed by atoms with van der Waals surface area (Å²) in [5, 5.41) is 8.91. The van der Waals surface area contributed by atoms with E-state index < -0.39 is 5.97 Å². The number of carboxylic acid groups (broad SMARTS) is 1. The first-order valence-corrected chi connectivity index (χ1v) is 5.40. The van der Waals surface area contributed by atoms with E-state index in [1.54, 1.807) is 0 Å². The lowest BCUT2D eigenvalue weighted by molar-refractivity contribution is 0.0240. The van der Waals surface area contributed by atoms with Crippen LogP contribution in [0.25, 0.3) is 0 Å². The average molecular weight is 238 g/mol. The topological polar surface area (TPSA) is 94.7 Å². The van der Waals surface area contributed by atoms with Crippen LogP contribution in [0.2, 0.25) is 0 Å². The van der Waals surface area contributed by atoms with E-state index in [1.807, 2.05) is 0 Å². The van der Waals surface area contributed by atoms with Crippen LogP contribution in [0.5, 0.6) is 5.88 Å². The van der Waals surface area contributed by atoms with Gasteiger partial charge in [-0.2, -0.15) is 0 Å². The molecule has 1 fully saturated rings. The molecule has 6 heteroatoms. The minimum atomic E-state index is -1.08. The molecule has 1 aromatic rings. The highest BCUT2D eigenvalue weighted by Gasteiger charge is 2.19. The Morgan fingerprint density at radius 3 is 2.88 bits per heavy atom. The molecule has 17 heavy (non-hydrogen) atoms. The third-order valence-corrected chi connectivity index (χ3v) is 2.63. The van der Waals surface area contributed by atoms with Gasteiger partial charge in [-0.25, -0.2) is 9.78 Å². The molecule has 0 spiro atoms. The fourth-order valence-electron chi connectivity index (χ4n) is 1.69. The fraction of sp³-hybridized carbons (Fsp3) is 0.455. The first-order valence-electron chi connectivity index (χ1n) is 5.40. The Bertz CT molecular complexity index is 416. The van der Waals surface area contributed by atoms with E-state index in [9.17, 15) is 4.79 Å². The lowest BCUT2D eigenvalue weighted by Gasteiger charge is -2.23. The molecule has 0 unspecified atom stereocenters. The average Bonchev–Trinajstić information content (AvgIpc) is 2.33. The summed E-state index contributed by atoms with van der Waals surface area (Å²) in [6, 6.07) is 1.36. The van der Waals surface area contributed by atoms with Crippen LogP contribution >= 0.6 is 0 Å². The Balaban J connectivity index is 2.15. The zero-order valence-corrected chi connectivity index (χ0v) is 9.26. The molecular weight excluding hydrogens is 224 g/mol. The molecular formula is C11H14N2O4. The number of carbonyl (C=O) groups is 1. The molecule has 0 saturated carbocycles. The van der Waals surface area contributed by atoms with E-state index in [4.69, 9.17) is 20.3 Å². The Hall–Kier alpha value is -1.82. The summed E-state index contributed by atoms with van der Waals surface area (Å²) in [5.41, 5.74) is 5.79. The summed E-state index contributed by atoms with van der Waals surface area (Å²) in [7, 11) is 0. The van der Waals surface area contributed by atoms with Gasteiger partial charge in [-0.05, 0) is 6.07 Å². The summed E-state index contributed by atoms with van der Waals surface area (Å²) in [6.07, 6.45) is 2.90. The van der Waals surface area contributed by atoms with E-state index in [0.717, 1.165) is 12.8 Å². The van der Waals surface area contributed by atoms with Crippen LogP contribution < -0.4 is 10.5 Å². The predicted molar refractivity (Wildman–Crippen MR) is 60.1 cm³/mol. The van der Waals surface area contributed by atoms with Crippen molar-refractivity contribution in [1.82, 2.24) is 4.98 Å². The molecule has 0 aliphatic carbocycles. The molecule has 0 radical (unpaired) electrons. The van der Waals surface area contributed by atoms with Crippen molar-refractivity contribution in [3.63, 3.8) is 0 Å². The first-order chi connectivity index (χ1) is 8.18. The van der Waals surface area contributed by atoms with Gasteiger partial charge in [0.05, 0.1) is 18.8 Å². The standard InChI is InChI=1S/C11H14N2O4/c12-9-8(11(14)15)1-4-13-10(9)17-7-2-5-16-6-3-7/h1,4,7H,2-3,5-6,12H2,(H,14,15). The predicted octanol–water partition coefficient (Wildman–Crippen LogP) is 0.920. The fourth-order valence-corrected chi connectivity index (χ4v) is 1.69. The van der Waals surface area contributed by atoms with Gasteiger partial charge in [0.2, 0.25) is 5.88 Å². The molecule has 92 valence electrons. The summed E-state index contributed by atoms with van der Waals surface area (Å²) in [5.74, 6) is -0.890. The minimum absolute atomic E-state index is 0.0115. The first kappa shape index (κ1) is 11.7. The number of hydrogen-bond donors (Lipinski definition) is 2. The number of ether oxygens (including phenoxy) is 2. The maximum Gasteiger partial charge on any atom is 0.338 e. The van der Waals surface area contributed by atoms with Gasteiger partial charge >= 0.3 is 5.97 Å². The van der Waals surface area contributed by atoms with Gasteiger partial charge in [-0.3, -0.25) is 0 Å². The SMILES string of the molecule is Nc1c(C(=O)O)ccnc1OC1CCOCC1. The second-order valence-electron chi connectivity index (χ2n) is 3.81. The molecule has 6 nitrogen and oxygen atoms in total. The van der Waals surface area contributed by atoms with Gasteiger partial charge in [0.15, 0.2) is 0 Å². The van der Waals surface area contributed by atoms with Crippen molar-refractivity contribution < 1.29 is 19.4 Å². The number of nitrogen functional groups attached to an aromatic ring is 1. The monoisotopic (exact) mass is 238 g/mol. The molecule has 2 heterocycles. The smallest absolute Gasteiger partial charge is 0.338 e. The van der Waals surface area contributed by atoms with E-state index in [1.165, 1.54) is 12.3 Å². The van der Waals surface area contributed by atoms with Gasteiger partial charge in [-0.15, -0.1) is 0 Å². The van der Waals surface area contributed by atoms with Gasteiger partial charge in [-0.1, -0.05) is 0 Å². The molecule has 2 rings (SSSR count). The van der Waals surface area contributed by atoms with Crippen LogP contribution in [0.1, 0.15) is 23.2 Å². The van der Waals surface area contributed by atoms with Crippen LogP contribution in [0.3, 0.4) is 0 Å². The van der Waals surface area contributed by atoms with Crippen molar-refractivity contribution in [2.75, 3.05) is 18.9 Å². The highest BCUT2D eigenvalue weighted by Crippen LogP contribution is 2.25. The number of anilines is 1. The second-order valence-corrected chi connectivity index (χ2v) is 3.81. The molecule has 0 atom stereocenters. The highest BCUT2D eigenvalue weighted by molar-refractivity contribution is 5.94. The van der Waals surface area contributed by atoms with Gasteiger partial charge in [0.25, 0.3) is 0 Å². The Labute approximate surface area is 98.4 Å². The number of hydrogen-bond acceptors (Lipinski definition) is 5. The maximum absolute atomic E-state index is 10.9. The summed E-state index contributed by atoms with van der Waals surface area (Å²) in [6.45, 7) is 1.28. The van der Waals surface area contributed by atoms with Crippen LogP contribution in [0.15, 0.2) is 12.3 Å². The number of nitrogens with two attached hydrogens (primary N) is 1. The van der Waals surface area contributed by atoms with E-state index >= 15 is 0 Å². The molecule has 1 aromatic heterocycles. The van der Waals surface area contributed by atoms with Crippen LogP contribution in [-0.2, 0) is 4.74 Å². The lowest BCUT2D eigenvalue weighted by Crippen LogP contribution is -2.26. The number of aromatic carboxylic acids is 1. The summed E-state index contributed by atoms with van der Waals surface area (Å²) < 4.78 is 10.8. The molecule has 0 aromatic carbocycles. The zero-order chi connectivity index (χ0) is 12.3. The molecule has 0 bridgehead atoms. The largest absolute Gasteiger partial charge is 0.478 e. The van der Waals surface area contributed by atoms with Gasteiger partial charge in [0.1, 0.15) is 11.8 Å². The van der Waals surface area contributed by atoms with E-state index in [0.29, 0.717) is 13.2 Å². The molecule has 0 amide bonds. The maximum atomic E-state index is 10.9. The van der Waals surface area contributed by atoms with Crippen molar-refractivity contribution in [3.05, 3.63) is 17.8 Å². The number of pyridine rings is 1. The van der Waals surface area contributed by atoms with Gasteiger partial charge in [0, 0.05) is 19.0 Å². The van der Waals surface area contributed by atoms with Crippen LogP contribution in [0.4, 0.5) is 5.69 Å². The van der Waals surface area contributed by atoms with Gasteiger partial charge < -0.3 is 20.3 Å². The normalized spacial score (nSPS) is 16.7. The molecule has 1 aliphatic heterocycles. The number of rotatable bonds is 3. The number of carboxylic acids is 1. The highest BCUT2D eigenvalue weighted by atomic mass is 16.5. The third kappa shape index (κ3) is 2.65. The van der Waals surface area contributed by atoms with E-state index in [-0.39, 0.29) is 23.2 Å². The van der Waals surface area contributed by atoms with E-state index in [2.05, 4.69) is 4.98 Å². The van der Waals surface area contributed by atoms with Crippen molar-refractivity contribution in [2.24, 2.45) is 0 Å². The Kier molecular flexibility index (Phi) is 3.43. The third-order valence-electron chi connectivity index (χ3n) is 2.63. The van der Waals surface area contributed by atoms with Crippen LogP contribution in [0, 0.1) is 0 Å².